The summed E-state index contributed by atoms with van der Waals surface area (Å²) in [5.74, 6) is -0.201. The quantitative estimate of drug-likeness (QED) is 0.744. The molecule has 3 N–H and O–H groups in total. The number of primary amides is 1. The summed E-state index contributed by atoms with van der Waals surface area (Å²) in [6.45, 7) is 4.12. The number of rotatable bonds is 4. The van der Waals surface area contributed by atoms with Gasteiger partial charge in [0.25, 0.3) is 0 Å². The Kier molecular flexibility index (Phi) is 4.33. The standard InChI is InChI=1S/C12H25N3O/c1-9(2)14-12(11(13)16)7-5-6-10(8-12)15(3)4/h9-10,14H,5-8H2,1-4H3,(H2,13,16). The summed E-state index contributed by atoms with van der Waals surface area (Å²) in [6, 6.07) is 0.737. The zero-order chi connectivity index (χ0) is 12.3. The van der Waals surface area contributed by atoms with Gasteiger partial charge in [0, 0.05) is 12.1 Å². The molecule has 4 nitrogen and oxygen atoms in total. The number of hydrogen-bond donors (Lipinski definition) is 2. The molecule has 1 aliphatic carbocycles. The molecule has 0 heterocycles. The van der Waals surface area contributed by atoms with Crippen molar-refractivity contribution in [1.29, 1.82) is 0 Å². The first-order chi connectivity index (χ1) is 7.37. The Morgan fingerprint density at radius 2 is 2.12 bits per heavy atom. The summed E-state index contributed by atoms with van der Waals surface area (Å²) in [7, 11) is 4.13. The molecule has 4 heteroatoms. The SMILES string of the molecule is CC(C)NC1(C(N)=O)CCCC(N(C)C)C1. The first-order valence-corrected chi connectivity index (χ1v) is 6.11. The smallest absolute Gasteiger partial charge is 0.237 e. The van der Waals surface area contributed by atoms with Gasteiger partial charge in [-0.3, -0.25) is 4.79 Å². The van der Waals surface area contributed by atoms with E-state index < -0.39 is 5.54 Å². The molecule has 94 valence electrons. The molecule has 0 bridgehead atoms. The van der Waals surface area contributed by atoms with Gasteiger partial charge in [0.2, 0.25) is 5.91 Å². The van der Waals surface area contributed by atoms with Crippen LogP contribution >= 0.6 is 0 Å². The highest BCUT2D eigenvalue weighted by Crippen LogP contribution is 2.30. The van der Waals surface area contributed by atoms with E-state index in [0.717, 1.165) is 25.7 Å². The number of carbonyl (C=O) groups excluding carboxylic acids is 1. The highest BCUT2D eigenvalue weighted by molar-refractivity contribution is 5.85. The van der Waals surface area contributed by atoms with Gasteiger partial charge < -0.3 is 16.0 Å². The molecule has 0 spiro atoms. The molecule has 2 unspecified atom stereocenters. The lowest BCUT2D eigenvalue weighted by molar-refractivity contribution is -0.127. The lowest BCUT2D eigenvalue weighted by atomic mass is 9.77. The summed E-state index contributed by atoms with van der Waals surface area (Å²) in [5, 5.41) is 3.38. The highest BCUT2D eigenvalue weighted by atomic mass is 16.1. The Morgan fingerprint density at radius 3 is 2.56 bits per heavy atom. The Balaban J connectivity index is 2.80. The van der Waals surface area contributed by atoms with Gasteiger partial charge in [0.1, 0.15) is 0 Å². The second-order valence-corrected chi connectivity index (χ2v) is 5.46. The predicted octanol–water partition coefficient (Wildman–Crippen LogP) is 0.713. The number of nitrogens with two attached hydrogens (primary N) is 1. The van der Waals surface area contributed by atoms with Gasteiger partial charge in [-0.2, -0.15) is 0 Å². The normalized spacial score (nSPS) is 31.0. The van der Waals surface area contributed by atoms with Crippen molar-refractivity contribution in [2.75, 3.05) is 14.1 Å². The van der Waals surface area contributed by atoms with E-state index in [-0.39, 0.29) is 11.9 Å². The molecule has 1 aliphatic rings. The van der Waals surface area contributed by atoms with Crippen molar-refractivity contribution in [2.45, 2.75) is 57.2 Å². The second kappa shape index (κ2) is 5.15. The fraction of sp³-hybridized carbons (Fsp3) is 0.917. The van der Waals surface area contributed by atoms with Crippen LogP contribution in [0.5, 0.6) is 0 Å². The van der Waals surface area contributed by atoms with Gasteiger partial charge in [0.05, 0.1) is 5.54 Å². The minimum atomic E-state index is -0.499. The summed E-state index contributed by atoms with van der Waals surface area (Å²) in [5.41, 5.74) is 5.09. The van der Waals surface area contributed by atoms with Crippen LogP contribution in [0.25, 0.3) is 0 Å². The maximum absolute atomic E-state index is 11.7. The van der Waals surface area contributed by atoms with Crippen LogP contribution in [0.2, 0.25) is 0 Å². The molecule has 0 saturated heterocycles. The summed E-state index contributed by atoms with van der Waals surface area (Å²) < 4.78 is 0. The van der Waals surface area contributed by atoms with Crippen molar-refractivity contribution in [3.8, 4) is 0 Å². The van der Waals surface area contributed by atoms with E-state index in [2.05, 4.69) is 38.2 Å². The Morgan fingerprint density at radius 1 is 1.50 bits per heavy atom. The predicted molar refractivity (Wildman–Crippen MR) is 66.1 cm³/mol. The Bertz CT molecular complexity index is 253. The molecule has 1 rings (SSSR count). The summed E-state index contributed by atoms with van der Waals surface area (Å²) >= 11 is 0. The van der Waals surface area contributed by atoms with Gasteiger partial charge >= 0.3 is 0 Å². The van der Waals surface area contributed by atoms with E-state index in [0.29, 0.717) is 6.04 Å². The van der Waals surface area contributed by atoms with Crippen molar-refractivity contribution in [3.05, 3.63) is 0 Å². The third kappa shape index (κ3) is 2.95. The van der Waals surface area contributed by atoms with E-state index in [1.54, 1.807) is 0 Å². The van der Waals surface area contributed by atoms with Gasteiger partial charge in [-0.25, -0.2) is 0 Å². The first-order valence-electron chi connectivity index (χ1n) is 6.11. The second-order valence-electron chi connectivity index (χ2n) is 5.46. The molecule has 0 radical (unpaired) electrons. The minimum Gasteiger partial charge on any atom is -0.368 e. The van der Waals surface area contributed by atoms with Gasteiger partial charge in [-0.1, -0.05) is 0 Å². The highest BCUT2D eigenvalue weighted by Gasteiger charge is 2.42. The fourth-order valence-electron chi connectivity index (χ4n) is 2.67. The molecule has 2 atom stereocenters. The van der Waals surface area contributed by atoms with Gasteiger partial charge in [0.15, 0.2) is 0 Å². The van der Waals surface area contributed by atoms with E-state index in [9.17, 15) is 4.79 Å². The molecule has 16 heavy (non-hydrogen) atoms. The van der Waals surface area contributed by atoms with Crippen LogP contribution in [0.4, 0.5) is 0 Å². The van der Waals surface area contributed by atoms with E-state index in [4.69, 9.17) is 5.73 Å². The Hall–Kier alpha value is -0.610. The van der Waals surface area contributed by atoms with Crippen molar-refractivity contribution in [3.63, 3.8) is 0 Å². The molecule has 0 aromatic carbocycles. The number of carbonyl (C=O) groups is 1. The number of hydrogen-bond acceptors (Lipinski definition) is 3. The maximum atomic E-state index is 11.7. The average Bonchev–Trinajstić information content (AvgIpc) is 2.16. The van der Waals surface area contributed by atoms with Crippen molar-refractivity contribution >= 4 is 5.91 Å². The molecular formula is C12H25N3O. The number of nitrogens with one attached hydrogen (secondary N) is 1. The largest absolute Gasteiger partial charge is 0.368 e. The van der Waals surface area contributed by atoms with Crippen LogP contribution in [0.1, 0.15) is 39.5 Å². The number of amides is 1. The zero-order valence-corrected chi connectivity index (χ0v) is 10.9. The average molecular weight is 227 g/mol. The van der Waals surface area contributed by atoms with Crippen molar-refractivity contribution < 1.29 is 4.79 Å². The molecule has 0 aromatic rings. The third-order valence-corrected chi connectivity index (χ3v) is 3.49. The van der Waals surface area contributed by atoms with Gasteiger partial charge in [-0.05, 0) is 53.6 Å². The molecular weight excluding hydrogens is 202 g/mol. The number of nitrogens with zero attached hydrogens (tertiary/aromatic N) is 1. The summed E-state index contributed by atoms with van der Waals surface area (Å²) in [4.78, 5) is 13.9. The van der Waals surface area contributed by atoms with E-state index in [1.165, 1.54) is 0 Å². The maximum Gasteiger partial charge on any atom is 0.237 e. The van der Waals surface area contributed by atoms with Crippen molar-refractivity contribution in [2.24, 2.45) is 5.73 Å². The molecule has 1 amide bonds. The third-order valence-electron chi connectivity index (χ3n) is 3.49. The van der Waals surface area contributed by atoms with Crippen LogP contribution in [-0.2, 0) is 4.79 Å². The van der Waals surface area contributed by atoms with Crippen LogP contribution < -0.4 is 11.1 Å². The van der Waals surface area contributed by atoms with Crippen LogP contribution in [0.3, 0.4) is 0 Å². The van der Waals surface area contributed by atoms with Crippen LogP contribution in [0.15, 0.2) is 0 Å². The molecule has 0 aliphatic heterocycles. The van der Waals surface area contributed by atoms with E-state index in [1.807, 2.05) is 0 Å². The minimum absolute atomic E-state index is 0.201. The molecule has 1 saturated carbocycles. The molecule has 1 fully saturated rings. The zero-order valence-electron chi connectivity index (χ0n) is 10.9. The monoisotopic (exact) mass is 227 g/mol. The summed E-state index contributed by atoms with van der Waals surface area (Å²) in [6.07, 6.45) is 3.91. The van der Waals surface area contributed by atoms with E-state index >= 15 is 0 Å². The van der Waals surface area contributed by atoms with Crippen LogP contribution in [0, 0.1) is 0 Å². The van der Waals surface area contributed by atoms with Crippen molar-refractivity contribution in [1.82, 2.24) is 10.2 Å². The Labute approximate surface area is 98.6 Å². The van der Waals surface area contributed by atoms with Gasteiger partial charge in [-0.15, -0.1) is 0 Å². The first kappa shape index (κ1) is 13.5. The fourth-order valence-corrected chi connectivity index (χ4v) is 2.67. The molecule has 0 aromatic heterocycles. The lowest BCUT2D eigenvalue weighted by Gasteiger charge is -2.42. The van der Waals surface area contributed by atoms with Crippen LogP contribution in [-0.4, -0.2) is 42.5 Å². The topological polar surface area (TPSA) is 58.4 Å². The lowest BCUT2D eigenvalue weighted by Crippen LogP contribution is -2.61.